The molecular weight excluding hydrogens is 805 g/mol. The van der Waals surface area contributed by atoms with Crippen molar-refractivity contribution in [2.45, 2.75) is 193 Å². The molecule has 4 fully saturated rings. The van der Waals surface area contributed by atoms with Gasteiger partial charge in [0, 0.05) is 7.11 Å². The van der Waals surface area contributed by atoms with Crippen LogP contribution in [0.2, 0.25) is 36.3 Å². The van der Waals surface area contributed by atoms with E-state index in [0.29, 0.717) is 48.4 Å². The van der Waals surface area contributed by atoms with Gasteiger partial charge in [-0.1, -0.05) is 55.4 Å². The van der Waals surface area contributed by atoms with E-state index in [4.69, 9.17) is 27.8 Å². The van der Waals surface area contributed by atoms with Gasteiger partial charge in [0.2, 0.25) is 0 Å². The van der Waals surface area contributed by atoms with E-state index in [1.807, 2.05) is 0 Å². The van der Waals surface area contributed by atoms with Crippen LogP contribution in [0, 0.1) is 34.5 Å². The van der Waals surface area contributed by atoms with Crippen molar-refractivity contribution in [2.75, 3.05) is 34.5 Å². The number of aliphatic hydroxyl groups excluding tert-OH is 1. The van der Waals surface area contributed by atoms with Crippen LogP contribution in [0.25, 0.3) is 0 Å². The van der Waals surface area contributed by atoms with E-state index in [2.05, 4.69) is 106 Å². The van der Waals surface area contributed by atoms with Crippen molar-refractivity contribution in [2.24, 2.45) is 34.5 Å². The summed E-state index contributed by atoms with van der Waals surface area (Å²) in [5.74, 6) is 7.83. The second-order valence-corrected chi connectivity index (χ2v) is 33.5. The largest absolute Gasteiger partial charge is 0.541 e. The molecule has 9 heteroatoms. The summed E-state index contributed by atoms with van der Waals surface area (Å²) in [6, 6.07) is 9.24. The van der Waals surface area contributed by atoms with Crippen molar-refractivity contribution in [1.29, 1.82) is 0 Å². The molecule has 7 nitrogen and oxygen atoms in total. The Bertz CT molecular complexity index is 1900. The zero-order valence-electron chi connectivity index (χ0n) is 41.7. The van der Waals surface area contributed by atoms with Gasteiger partial charge in [-0.15, -0.1) is 0 Å². The first kappa shape index (κ1) is 47.9. The van der Waals surface area contributed by atoms with E-state index in [1.165, 1.54) is 73.6 Å². The molecule has 6 aliphatic rings. The van der Waals surface area contributed by atoms with Gasteiger partial charge in [0.05, 0.1) is 39.6 Å². The fourth-order valence-electron chi connectivity index (χ4n) is 13.0. The molecule has 0 amide bonds. The van der Waals surface area contributed by atoms with Gasteiger partial charge in [0.25, 0.3) is 16.6 Å². The van der Waals surface area contributed by atoms with Crippen molar-refractivity contribution in [1.82, 2.24) is 0 Å². The first-order chi connectivity index (χ1) is 29.0. The lowest BCUT2D eigenvalue weighted by atomic mass is 9.55. The molecule has 0 aromatic heterocycles. The highest BCUT2D eigenvalue weighted by molar-refractivity contribution is 6.75. The van der Waals surface area contributed by atoms with Gasteiger partial charge < -0.3 is 32.9 Å². The quantitative estimate of drug-likeness (QED) is 0.188. The fourth-order valence-corrected chi connectivity index (χ4v) is 15.0. The molecule has 0 radical (unpaired) electrons. The smallest absolute Gasteiger partial charge is 0.250 e. The Morgan fingerprint density at radius 1 is 0.581 bits per heavy atom. The molecule has 2 aromatic carbocycles. The minimum Gasteiger partial charge on any atom is -0.541 e. The topological polar surface area (TPSA) is 75.6 Å². The number of rotatable bonds is 10. The molecule has 348 valence electrons. The minimum atomic E-state index is -1.93. The van der Waals surface area contributed by atoms with Crippen LogP contribution in [0.15, 0.2) is 24.3 Å². The van der Waals surface area contributed by atoms with E-state index in [-0.39, 0.29) is 21.6 Å². The summed E-state index contributed by atoms with van der Waals surface area (Å²) in [5.41, 5.74) is 6.40. The Labute approximate surface area is 379 Å². The fraction of sp³-hybridized carbons (Fsp3) is 0.774. The molecule has 6 unspecified atom stereocenters. The van der Waals surface area contributed by atoms with Gasteiger partial charge >= 0.3 is 0 Å². The molecule has 2 aromatic rings. The zero-order valence-corrected chi connectivity index (χ0v) is 43.7. The third-order valence-corrected chi connectivity index (χ3v) is 27.5. The second-order valence-electron chi connectivity index (χ2n) is 24.1. The van der Waals surface area contributed by atoms with Crippen molar-refractivity contribution in [3.63, 3.8) is 0 Å². The second kappa shape index (κ2) is 17.6. The number of fused-ring (bicyclic) bond motifs is 10. The van der Waals surface area contributed by atoms with Crippen LogP contribution >= 0.6 is 0 Å². The number of hydrogen-bond acceptors (Lipinski definition) is 7. The Balaban J connectivity index is 0.000000188. The predicted molar refractivity (Wildman–Crippen MR) is 258 cm³/mol. The maximum atomic E-state index is 10.6. The van der Waals surface area contributed by atoms with Crippen LogP contribution in [-0.2, 0) is 22.3 Å². The maximum Gasteiger partial charge on any atom is 0.250 e. The first-order valence-electron chi connectivity index (χ1n) is 24.6. The number of benzene rings is 2. The van der Waals surface area contributed by atoms with Crippen molar-refractivity contribution < 1.29 is 32.9 Å². The van der Waals surface area contributed by atoms with E-state index in [9.17, 15) is 5.11 Å². The zero-order chi connectivity index (χ0) is 45.2. The molecule has 1 N–H and O–H groups in total. The Kier molecular flexibility index (Phi) is 13.6. The van der Waals surface area contributed by atoms with Crippen LogP contribution in [0.3, 0.4) is 0 Å². The average molecular weight is 891 g/mol. The van der Waals surface area contributed by atoms with Crippen LogP contribution in [0.5, 0.6) is 23.0 Å². The highest BCUT2D eigenvalue weighted by atomic mass is 28.4. The van der Waals surface area contributed by atoms with Crippen LogP contribution in [-0.4, -0.2) is 68.5 Å². The molecule has 0 aliphatic heterocycles. The van der Waals surface area contributed by atoms with Gasteiger partial charge in [-0.2, -0.15) is 0 Å². The molecule has 4 saturated carbocycles. The summed E-state index contributed by atoms with van der Waals surface area (Å²) in [7, 11) is 1.47. The molecule has 0 saturated heterocycles. The monoisotopic (exact) mass is 891 g/mol. The van der Waals surface area contributed by atoms with Gasteiger partial charge in [0.15, 0.2) is 11.5 Å². The summed E-state index contributed by atoms with van der Waals surface area (Å²) in [4.78, 5) is 0. The number of aryl methyl sites for hydroxylation is 2. The van der Waals surface area contributed by atoms with E-state index in [0.717, 1.165) is 60.5 Å². The number of ether oxygens (including phenoxy) is 4. The summed E-state index contributed by atoms with van der Waals surface area (Å²) in [6.45, 7) is 29.2. The lowest BCUT2D eigenvalue weighted by Gasteiger charge is -2.50. The molecule has 0 heterocycles. The van der Waals surface area contributed by atoms with Crippen molar-refractivity contribution >= 4 is 16.6 Å². The summed E-state index contributed by atoms with van der Waals surface area (Å²) >= 11 is 0. The molecule has 6 aliphatic carbocycles. The maximum absolute atomic E-state index is 10.6. The van der Waals surface area contributed by atoms with Crippen molar-refractivity contribution in [3.8, 4) is 23.0 Å². The number of aliphatic hydroxyl groups is 1. The lowest BCUT2D eigenvalue weighted by Crippen LogP contribution is -2.45. The van der Waals surface area contributed by atoms with E-state index in [1.54, 1.807) is 21.3 Å². The van der Waals surface area contributed by atoms with E-state index < -0.39 is 16.6 Å². The Morgan fingerprint density at radius 2 is 1.03 bits per heavy atom. The van der Waals surface area contributed by atoms with Gasteiger partial charge in [-0.3, -0.25) is 0 Å². The van der Waals surface area contributed by atoms with Crippen LogP contribution in [0.1, 0.15) is 154 Å². The predicted octanol–water partition coefficient (Wildman–Crippen LogP) is 13.3. The summed E-state index contributed by atoms with van der Waals surface area (Å²) in [5, 5.41) is 11.0. The normalized spacial score (nSPS) is 32.8. The molecule has 62 heavy (non-hydrogen) atoms. The SMILES string of the molecule is COCCO[C@H]1CCC2C3CCc4cc(O[Si](C)(C)C(C)(C)C)c(OC)cc4C3CC[C@@]21C.COc1cc2c(cc1O[Si](C)(C)C(C)(C)C)CCC1C2CC[C@@]2(C)C1CC[C@@H]2O. The molecular formula is C53H86O7Si2. The summed E-state index contributed by atoms with van der Waals surface area (Å²) < 4.78 is 36.7. The van der Waals surface area contributed by atoms with E-state index >= 15 is 0 Å². The molecule has 0 spiro atoms. The van der Waals surface area contributed by atoms with Gasteiger partial charge in [-0.05, 0) is 206 Å². The summed E-state index contributed by atoms with van der Waals surface area (Å²) in [6.07, 6.45) is 14.6. The molecule has 10 atom stereocenters. The lowest BCUT2D eigenvalue weighted by molar-refractivity contribution is -0.0739. The van der Waals surface area contributed by atoms with Gasteiger partial charge in [0.1, 0.15) is 11.5 Å². The average Bonchev–Trinajstić information content (AvgIpc) is 3.70. The van der Waals surface area contributed by atoms with Gasteiger partial charge in [-0.25, -0.2) is 0 Å². The van der Waals surface area contributed by atoms with Crippen molar-refractivity contribution in [3.05, 3.63) is 46.5 Å². The highest BCUT2D eigenvalue weighted by Crippen LogP contribution is 2.63. The minimum absolute atomic E-state index is 0.107. The first-order valence-corrected chi connectivity index (χ1v) is 30.4. The third kappa shape index (κ3) is 8.70. The standard InChI is InChI=1S/C28H46O4Si.C25H40O3Si/c1-27(2,3)33(7,8)32-25-17-19-9-10-21-20(22(19)18-24(25)30-6)13-14-28(4)23(21)11-12-26(28)31-16-15-29-5;1-24(2,3)29(6,7)28-22-14-16-8-9-18-17(19(16)15-21(22)27-5)12-13-25(4)20(18)10-11-23(25)26/h17-18,20-21,23,26H,9-16H2,1-8H3;14-15,17-18,20,23,26H,8-13H2,1-7H3/t20?,21?,23?,26-,28-;17?,18?,20?,23-,25-/m00/s1. The number of methoxy groups -OCH3 is 3. The third-order valence-electron chi connectivity index (χ3n) is 18.8. The van der Waals surface area contributed by atoms with Crippen LogP contribution < -0.4 is 18.3 Å². The molecule has 0 bridgehead atoms. The highest BCUT2D eigenvalue weighted by Gasteiger charge is 2.56. The number of hydrogen-bond donors (Lipinski definition) is 1. The molecule has 8 rings (SSSR count). The Hall–Kier alpha value is -2.05. The Morgan fingerprint density at radius 3 is 1.48 bits per heavy atom. The van der Waals surface area contributed by atoms with Crippen LogP contribution in [0.4, 0.5) is 0 Å².